The smallest absolute Gasteiger partial charge is 0.230 e. The molecule has 4 heteroatoms. The summed E-state index contributed by atoms with van der Waals surface area (Å²) in [4.78, 5) is 14.6. The first-order chi connectivity index (χ1) is 8.21. The third-order valence-electron chi connectivity index (χ3n) is 4.51. The number of aliphatic hydroxyl groups is 1. The number of nitrogens with zero attached hydrogens (tertiary/aromatic N) is 1. The highest BCUT2D eigenvalue weighted by atomic mass is 16.3. The Balaban J connectivity index is 2.88. The van der Waals surface area contributed by atoms with Crippen molar-refractivity contribution < 1.29 is 9.90 Å². The Morgan fingerprint density at radius 2 is 1.78 bits per heavy atom. The Labute approximate surface area is 111 Å². The van der Waals surface area contributed by atoms with Crippen LogP contribution in [0.4, 0.5) is 0 Å². The SMILES string of the molecule is CC(C)(N)C(C)(C)C(=O)N(CCO)C1CCCC1. The molecular weight excluding hydrogens is 228 g/mol. The lowest BCUT2D eigenvalue weighted by Gasteiger charge is -2.42. The summed E-state index contributed by atoms with van der Waals surface area (Å²) in [6.07, 6.45) is 4.44. The van der Waals surface area contributed by atoms with Gasteiger partial charge in [-0.15, -0.1) is 0 Å². The normalized spacial score (nSPS) is 18.1. The van der Waals surface area contributed by atoms with Crippen molar-refractivity contribution in [2.75, 3.05) is 13.2 Å². The van der Waals surface area contributed by atoms with E-state index in [9.17, 15) is 9.90 Å². The first-order valence-electron chi connectivity index (χ1n) is 6.92. The Hall–Kier alpha value is -0.610. The van der Waals surface area contributed by atoms with E-state index in [1.165, 1.54) is 12.8 Å². The molecule has 0 saturated heterocycles. The average molecular weight is 256 g/mol. The number of amides is 1. The summed E-state index contributed by atoms with van der Waals surface area (Å²) >= 11 is 0. The minimum absolute atomic E-state index is 0.0172. The van der Waals surface area contributed by atoms with Crippen LogP contribution in [0.5, 0.6) is 0 Å². The standard InChI is InChI=1S/C14H28N2O2/c1-13(2,14(3,4)15)12(18)16(9-10-17)11-7-5-6-8-11/h11,17H,5-10,15H2,1-4H3. The predicted molar refractivity (Wildman–Crippen MR) is 73.1 cm³/mol. The van der Waals surface area contributed by atoms with Gasteiger partial charge in [-0.3, -0.25) is 4.79 Å². The molecule has 106 valence electrons. The molecule has 1 saturated carbocycles. The second-order valence-electron chi connectivity index (χ2n) is 6.51. The van der Waals surface area contributed by atoms with E-state index in [0.29, 0.717) is 6.54 Å². The maximum atomic E-state index is 12.7. The minimum Gasteiger partial charge on any atom is -0.395 e. The molecule has 0 aromatic rings. The van der Waals surface area contributed by atoms with Crippen LogP contribution in [0.15, 0.2) is 0 Å². The number of nitrogens with two attached hydrogens (primary N) is 1. The molecule has 0 aliphatic heterocycles. The van der Waals surface area contributed by atoms with Gasteiger partial charge in [-0.1, -0.05) is 12.8 Å². The van der Waals surface area contributed by atoms with Crippen molar-refractivity contribution in [2.24, 2.45) is 11.1 Å². The maximum Gasteiger partial charge on any atom is 0.230 e. The van der Waals surface area contributed by atoms with Crippen LogP contribution >= 0.6 is 0 Å². The van der Waals surface area contributed by atoms with Crippen LogP contribution in [-0.4, -0.2) is 40.6 Å². The Morgan fingerprint density at radius 3 is 2.17 bits per heavy atom. The van der Waals surface area contributed by atoms with Gasteiger partial charge >= 0.3 is 0 Å². The summed E-state index contributed by atoms with van der Waals surface area (Å²) < 4.78 is 0. The number of carbonyl (C=O) groups is 1. The summed E-state index contributed by atoms with van der Waals surface area (Å²) in [5.74, 6) is 0.0657. The lowest BCUT2D eigenvalue weighted by Crippen LogP contribution is -2.58. The van der Waals surface area contributed by atoms with Gasteiger partial charge in [0.25, 0.3) is 0 Å². The van der Waals surface area contributed by atoms with Gasteiger partial charge in [0.15, 0.2) is 0 Å². The monoisotopic (exact) mass is 256 g/mol. The fourth-order valence-electron chi connectivity index (χ4n) is 2.41. The Kier molecular flexibility index (Phi) is 4.78. The van der Waals surface area contributed by atoms with Crippen LogP contribution in [0.25, 0.3) is 0 Å². The van der Waals surface area contributed by atoms with Gasteiger partial charge in [0, 0.05) is 18.1 Å². The van der Waals surface area contributed by atoms with Crippen molar-refractivity contribution in [2.45, 2.75) is 65.0 Å². The minimum atomic E-state index is -0.620. The zero-order chi connectivity index (χ0) is 14.0. The molecule has 18 heavy (non-hydrogen) atoms. The third kappa shape index (κ3) is 3.04. The van der Waals surface area contributed by atoms with Crippen molar-refractivity contribution >= 4 is 5.91 Å². The molecule has 0 aromatic heterocycles. The molecule has 0 bridgehead atoms. The van der Waals surface area contributed by atoms with E-state index in [-0.39, 0.29) is 18.6 Å². The third-order valence-corrected chi connectivity index (χ3v) is 4.51. The molecule has 1 rings (SSSR count). The molecule has 1 amide bonds. The van der Waals surface area contributed by atoms with Gasteiger partial charge in [0.05, 0.1) is 12.0 Å². The quantitative estimate of drug-likeness (QED) is 0.783. The van der Waals surface area contributed by atoms with Crippen LogP contribution in [0.1, 0.15) is 53.4 Å². The van der Waals surface area contributed by atoms with E-state index in [0.717, 1.165) is 12.8 Å². The van der Waals surface area contributed by atoms with Crippen LogP contribution in [0.2, 0.25) is 0 Å². The number of carbonyl (C=O) groups excluding carboxylic acids is 1. The average Bonchev–Trinajstić information content (AvgIpc) is 2.76. The fourth-order valence-corrected chi connectivity index (χ4v) is 2.41. The highest BCUT2D eigenvalue weighted by Gasteiger charge is 2.44. The molecule has 3 N–H and O–H groups in total. The van der Waals surface area contributed by atoms with Crippen molar-refractivity contribution in [3.63, 3.8) is 0 Å². The fraction of sp³-hybridized carbons (Fsp3) is 0.929. The number of rotatable bonds is 5. The summed E-state index contributed by atoms with van der Waals surface area (Å²) in [7, 11) is 0. The number of aliphatic hydroxyl groups excluding tert-OH is 1. The number of hydrogen-bond acceptors (Lipinski definition) is 3. The molecule has 4 nitrogen and oxygen atoms in total. The van der Waals surface area contributed by atoms with Crippen LogP contribution in [0.3, 0.4) is 0 Å². The van der Waals surface area contributed by atoms with Gasteiger partial charge in [-0.05, 0) is 40.5 Å². The number of hydrogen-bond donors (Lipinski definition) is 2. The summed E-state index contributed by atoms with van der Waals surface area (Å²) in [6.45, 7) is 8.00. The van der Waals surface area contributed by atoms with Crippen molar-refractivity contribution in [3.8, 4) is 0 Å². The molecule has 0 radical (unpaired) electrons. The molecule has 0 atom stereocenters. The van der Waals surface area contributed by atoms with Gasteiger partial charge in [0.2, 0.25) is 5.91 Å². The topological polar surface area (TPSA) is 66.6 Å². The van der Waals surface area contributed by atoms with E-state index in [4.69, 9.17) is 5.73 Å². The van der Waals surface area contributed by atoms with Crippen molar-refractivity contribution in [3.05, 3.63) is 0 Å². The molecule has 0 unspecified atom stereocenters. The maximum absolute atomic E-state index is 12.7. The van der Waals surface area contributed by atoms with E-state index in [1.807, 2.05) is 32.6 Å². The molecule has 1 aliphatic rings. The Morgan fingerprint density at radius 1 is 1.28 bits per heavy atom. The largest absolute Gasteiger partial charge is 0.395 e. The summed E-state index contributed by atoms with van der Waals surface area (Å²) in [5.41, 5.74) is 4.94. The molecule has 0 heterocycles. The van der Waals surface area contributed by atoms with E-state index in [2.05, 4.69) is 0 Å². The molecule has 0 aromatic carbocycles. The first kappa shape index (κ1) is 15.4. The van der Waals surface area contributed by atoms with E-state index in [1.54, 1.807) is 0 Å². The summed E-state index contributed by atoms with van der Waals surface area (Å²) in [5, 5.41) is 9.19. The first-order valence-corrected chi connectivity index (χ1v) is 6.92. The second-order valence-corrected chi connectivity index (χ2v) is 6.51. The Bertz CT molecular complexity index is 289. The molecular formula is C14H28N2O2. The zero-order valence-electron chi connectivity index (χ0n) is 12.2. The van der Waals surface area contributed by atoms with Gasteiger partial charge < -0.3 is 15.7 Å². The lowest BCUT2D eigenvalue weighted by atomic mass is 9.74. The molecule has 0 spiro atoms. The second kappa shape index (κ2) is 5.57. The van der Waals surface area contributed by atoms with Crippen LogP contribution in [0, 0.1) is 5.41 Å². The molecule has 1 fully saturated rings. The van der Waals surface area contributed by atoms with Gasteiger partial charge in [-0.2, -0.15) is 0 Å². The van der Waals surface area contributed by atoms with Crippen molar-refractivity contribution in [1.29, 1.82) is 0 Å². The van der Waals surface area contributed by atoms with Crippen molar-refractivity contribution in [1.82, 2.24) is 4.90 Å². The predicted octanol–water partition coefficient (Wildman–Crippen LogP) is 1.51. The van der Waals surface area contributed by atoms with Crippen LogP contribution in [-0.2, 0) is 4.79 Å². The van der Waals surface area contributed by atoms with Gasteiger partial charge in [-0.25, -0.2) is 0 Å². The van der Waals surface area contributed by atoms with E-state index < -0.39 is 11.0 Å². The highest BCUT2D eigenvalue weighted by molar-refractivity contribution is 5.83. The molecule has 1 aliphatic carbocycles. The zero-order valence-corrected chi connectivity index (χ0v) is 12.2. The summed E-state index contributed by atoms with van der Waals surface area (Å²) in [6, 6.07) is 0.284. The highest BCUT2D eigenvalue weighted by Crippen LogP contribution is 2.33. The lowest BCUT2D eigenvalue weighted by molar-refractivity contribution is -0.146. The van der Waals surface area contributed by atoms with Crippen LogP contribution < -0.4 is 5.73 Å². The van der Waals surface area contributed by atoms with E-state index >= 15 is 0 Å². The van der Waals surface area contributed by atoms with Gasteiger partial charge in [0.1, 0.15) is 0 Å².